The number of carbonyl (C=O) groups excluding carboxylic acids is 3. The van der Waals surface area contributed by atoms with Crippen LogP contribution in [-0.2, 0) is 19.1 Å². The maximum Gasteiger partial charge on any atom is 0.337 e. The monoisotopic (exact) mass is 375 g/mol. The van der Waals surface area contributed by atoms with E-state index in [-0.39, 0.29) is 5.92 Å². The summed E-state index contributed by atoms with van der Waals surface area (Å²) in [6, 6.07) is 4.99. The Bertz CT molecular complexity index is 709. The van der Waals surface area contributed by atoms with Gasteiger partial charge in [0.15, 0.2) is 0 Å². The first-order valence-corrected chi connectivity index (χ1v) is 9.22. The lowest BCUT2D eigenvalue weighted by Crippen LogP contribution is -2.38. The van der Waals surface area contributed by atoms with Gasteiger partial charge in [-0.05, 0) is 37.5 Å². The lowest BCUT2D eigenvalue weighted by atomic mass is 10.1. The SMILES string of the molecule is COC(=O)c1ccc(N2CCCC2)c(NC(=O)C(=O)NC[C@H]2CCOC2)c1. The molecule has 0 saturated carbocycles. The summed E-state index contributed by atoms with van der Waals surface area (Å²) in [5.41, 5.74) is 1.55. The molecule has 0 spiro atoms. The Morgan fingerprint density at radius 2 is 2.00 bits per heavy atom. The molecule has 8 heteroatoms. The zero-order valence-corrected chi connectivity index (χ0v) is 15.5. The second-order valence-corrected chi connectivity index (χ2v) is 6.81. The molecule has 2 saturated heterocycles. The fourth-order valence-electron chi connectivity index (χ4n) is 3.36. The Hall–Kier alpha value is -2.61. The van der Waals surface area contributed by atoms with Crippen LogP contribution < -0.4 is 15.5 Å². The van der Waals surface area contributed by atoms with E-state index in [9.17, 15) is 14.4 Å². The summed E-state index contributed by atoms with van der Waals surface area (Å²) >= 11 is 0. The molecule has 2 amide bonds. The maximum atomic E-state index is 12.3. The highest BCUT2D eigenvalue weighted by atomic mass is 16.5. The van der Waals surface area contributed by atoms with Crippen LogP contribution in [0, 0.1) is 5.92 Å². The lowest BCUT2D eigenvalue weighted by molar-refractivity contribution is -0.136. The molecule has 0 unspecified atom stereocenters. The van der Waals surface area contributed by atoms with Crippen molar-refractivity contribution in [3.05, 3.63) is 23.8 Å². The predicted octanol–water partition coefficient (Wildman–Crippen LogP) is 1.16. The van der Waals surface area contributed by atoms with Crippen molar-refractivity contribution < 1.29 is 23.9 Å². The molecule has 3 rings (SSSR count). The molecule has 2 aliphatic rings. The Labute approximate surface area is 158 Å². The minimum atomic E-state index is -0.753. The van der Waals surface area contributed by atoms with E-state index in [0.717, 1.165) is 38.0 Å². The van der Waals surface area contributed by atoms with Gasteiger partial charge in [-0.1, -0.05) is 0 Å². The van der Waals surface area contributed by atoms with Crippen LogP contribution in [0.4, 0.5) is 11.4 Å². The minimum Gasteiger partial charge on any atom is -0.465 e. The van der Waals surface area contributed by atoms with Crippen molar-refractivity contribution in [2.75, 3.05) is 50.2 Å². The molecule has 1 atom stereocenters. The molecule has 1 aromatic rings. The molecular formula is C19H25N3O5. The van der Waals surface area contributed by atoms with Crippen LogP contribution in [0.25, 0.3) is 0 Å². The normalized spacial score (nSPS) is 19.0. The highest BCUT2D eigenvalue weighted by Gasteiger charge is 2.23. The van der Waals surface area contributed by atoms with Gasteiger partial charge in [0, 0.05) is 32.2 Å². The van der Waals surface area contributed by atoms with Gasteiger partial charge in [0.1, 0.15) is 0 Å². The van der Waals surface area contributed by atoms with Crippen molar-refractivity contribution in [2.45, 2.75) is 19.3 Å². The maximum absolute atomic E-state index is 12.3. The zero-order chi connectivity index (χ0) is 19.2. The van der Waals surface area contributed by atoms with Crippen molar-refractivity contribution in [3.8, 4) is 0 Å². The third-order valence-electron chi connectivity index (χ3n) is 4.89. The summed E-state index contributed by atoms with van der Waals surface area (Å²) < 4.78 is 10.0. The van der Waals surface area contributed by atoms with E-state index in [4.69, 9.17) is 9.47 Å². The van der Waals surface area contributed by atoms with Gasteiger partial charge >= 0.3 is 17.8 Å². The largest absolute Gasteiger partial charge is 0.465 e. The molecule has 2 heterocycles. The second-order valence-electron chi connectivity index (χ2n) is 6.81. The first kappa shape index (κ1) is 19.2. The highest BCUT2D eigenvalue weighted by molar-refractivity contribution is 6.40. The van der Waals surface area contributed by atoms with E-state index in [2.05, 4.69) is 15.5 Å². The molecule has 2 aliphatic heterocycles. The summed E-state index contributed by atoms with van der Waals surface area (Å²) in [5.74, 6) is -1.71. The molecule has 27 heavy (non-hydrogen) atoms. The van der Waals surface area contributed by atoms with Crippen molar-refractivity contribution in [1.29, 1.82) is 0 Å². The molecular weight excluding hydrogens is 350 g/mol. The number of nitrogens with one attached hydrogen (secondary N) is 2. The van der Waals surface area contributed by atoms with Crippen LogP contribution in [0.5, 0.6) is 0 Å². The van der Waals surface area contributed by atoms with Crippen LogP contribution in [0.15, 0.2) is 18.2 Å². The summed E-state index contributed by atoms with van der Waals surface area (Å²) in [6.45, 7) is 3.44. The van der Waals surface area contributed by atoms with E-state index in [0.29, 0.717) is 31.0 Å². The molecule has 2 fully saturated rings. The third-order valence-corrected chi connectivity index (χ3v) is 4.89. The van der Waals surface area contributed by atoms with Crippen LogP contribution in [0.1, 0.15) is 29.6 Å². The van der Waals surface area contributed by atoms with Crippen molar-refractivity contribution >= 4 is 29.2 Å². The summed E-state index contributed by atoms with van der Waals surface area (Å²) in [7, 11) is 1.30. The number of rotatable bonds is 5. The summed E-state index contributed by atoms with van der Waals surface area (Å²) in [5, 5.41) is 5.30. The number of amides is 2. The fourth-order valence-corrected chi connectivity index (χ4v) is 3.36. The van der Waals surface area contributed by atoms with Gasteiger partial charge in [-0.25, -0.2) is 4.79 Å². The number of methoxy groups -OCH3 is 1. The number of ether oxygens (including phenoxy) is 2. The molecule has 2 N–H and O–H groups in total. The van der Waals surface area contributed by atoms with Crippen LogP contribution in [0.2, 0.25) is 0 Å². The van der Waals surface area contributed by atoms with Gasteiger partial charge in [0.2, 0.25) is 0 Å². The first-order chi connectivity index (χ1) is 13.1. The standard InChI is InChI=1S/C19H25N3O5/c1-26-19(25)14-4-5-16(22-7-2-3-8-22)15(10-14)21-18(24)17(23)20-11-13-6-9-27-12-13/h4-5,10,13H,2-3,6-9,11-12H2,1H3,(H,20,23)(H,21,24)/t13-/m1/s1. The Balaban J connectivity index is 1.70. The van der Waals surface area contributed by atoms with Gasteiger partial charge in [-0.2, -0.15) is 0 Å². The van der Waals surface area contributed by atoms with Crippen LogP contribution in [-0.4, -0.2) is 57.7 Å². The molecule has 8 nitrogen and oxygen atoms in total. The molecule has 0 aliphatic carbocycles. The third kappa shape index (κ3) is 4.77. The van der Waals surface area contributed by atoms with Crippen LogP contribution in [0.3, 0.4) is 0 Å². The van der Waals surface area contributed by atoms with Gasteiger partial charge in [-0.15, -0.1) is 0 Å². The minimum absolute atomic E-state index is 0.240. The number of benzene rings is 1. The van der Waals surface area contributed by atoms with E-state index in [1.54, 1.807) is 18.2 Å². The predicted molar refractivity (Wildman–Crippen MR) is 99.8 cm³/mol. The van der Waals surface area contributed by atoms with Crippen LogP contribution >= 0.6 is 0 Å². The lowest BCUT2D eigenvalue weighted by Gasteiger charge is -2.22. The van der Waals surface area contributed by atoms with Gasteiger partial charge < -0.3 is 25.0 Å². The number of esters is 1. The number of hydrogen-bond acceptors (Lipinski definition) is 6. The number of anilines is 2. The molecule has 1 aromatic carbocycles. The van der Waals surface area contributed by atoms with Gasteiger partial charge in [0.05, 0.1) is 30.7 Å². The summed E-state index contributed by atoms with van der Waals surface area (Å²) in [4.78, 5) is 38.4. The second kappa shape index (κ2) is 8.85. The fraction of sp³-hybridized carbons (Fsp3) is 0.526. The van der Waals surface area contributed by atoms with Crippen molar-refractivity contribution in [3.63, 3.8) is 0 Å². The average molecular weight is 375 g/mol. The van der Waals surface area contributed by atoms with Gasteiger partial charge in [-0.3, -0.25) is 9.59 Å². The Morgan fingerprint density at radius 3 is 2.67 bits per heavy atom. The number of carbonyl (C=O) groups is 3. The Morgan fingerprint density at radius 1 is 1.22 bits per heavy atom. The smallest absolute Gasteiger partial charge is 0.337 e. The zero-order valence-electron chi connectivity index (χ0n) is 15.5. The number of nitrogens with zero attached hydrogens (tertiary/aromatic N) is 1. The van der Waals surface area contributed by atoms with E-state index in [1.807, 2.05) is 0 Å². The average Bonchev–Trinajstić information content (AvgIpc) is 3.39. The quantitative estimate of drug-likeness (QED) is 0.592. The van der Waals surface area contributed by atoms with E-state index < -0.39 is 17.8 Å². The molecule has 0 radical (unpaired) electrons. The number of hydrogen-bond donors (Lipinski definition) is 2. The molecule has 0 bridgehead atoms. The molecule has 146 valence electrons. The topological polar surface area (TPSA) is 97.0 Å². The van der Waals surface area contributed by atoms with Gasteiger partial charge in [0.25, 0.3) is 0 Å². The first-order valence-electron chi connectivity index (χ1n) is 9.22. The highest BCUT2D eigenvalue weighted by Crippen LogP contribution is 2.30. The van der Waals surface area contributed by atoms with E-state index >= 15 is 0 Å². The molecule has 0 aromatic heterocycles. The summed E-state index contributed by atoms with van der Waals surface area (Å²) in [6.07, 6.45) is 3.01. The van der Waals surface area contributed by atoms with Crippen molar-refractivity contribution in [2.24, 2.45) is 5.92 Å². The van der Waals surface area contributed by atoms with Crippen molar-refractivity contribution in [1.82, 2.24) is 5.32 Å². The van der Waals surface area contributed by atoms with E-state index in [1.165, 1.54) is 7.11 Å². The Kier molecular flexibility index (Phi) is 6.28.